The monoisotopic (exact) mass is 250 g/mol. The topological polar surface area (TPSA) is 55.8 Å². The Morgan fingerprint density at radius 2 is 2.00 bits per heavy atom. The maximum atomic E-state index is 12.0. The number of ether oxygens (including phenoxy) is 2. The molecule has 2 rings (SSSR count). The standard InChI is InChI=1S/C14H18O4/c1-17-12-8-4-2-6-10(12)14(16)18-13-9-5-3-7-11(13)15/h2,4,6,8,11,13,15H,3,5,7,9H2,1H3/t11-,13+/m0/s1. The van der Waals surface area contributed by atoms with Crippen molar-refractivity contribution in [2.24, 2.45) is 0 Å². The highest BCUT2D eigenvalue weighted by Gasteiger charge is 2.27. The molecule has 0 radical (unpaired) electrons. The Morgan fingerprint density at radius 1 is 1.28 bits per heavy atom. The third-order valence-electron chi connectivity index (χ3n) is 3.25. The van der Waals surface area contributed by atoms with Crippen LogP contribution < -0.4 is 4.74 Å². The zero-order valence-electron chi connectivity index (χ0n) is 10.5. The van der Waals surface area contributed by atoms with E-state index in [1.807, 2.05) is 0 Å². The molecule has 0 spiro atoms. The summed E-state index contributed by atoms with van der Waals surface area (Å²) in [6.07, 6.45) is 2.46. The van der Waals surface area contributed by atoms with Crippen LogP contribution in [0.5, 0.6) is 5.75 Å². The molecule has 0 aromatic heterocycles. The number of hydrogen-bond acceptors (Lipinski definition) is 4. The average Bonchev–Trinajstić information content (AvgIpc) is 2.41. The molecule has 1 saturated carbocycles. The van der Waals surface area contributed by atoms with Gasteiger partial charge < -0.3 is 14.6 Å². The Labute approximate surface area is 107 Å². The normalized spacial score (nSPS) is 23.4. The van der Waals surface area contributed by atoms with E-state index in [0.717, 1.165) is 19.3 Å². The van der Waals surface area contributed by atoms with Crippen molar-refractivity contribution in [1.29, 1.82) is 0 Å². The van der Waals surface area contributed by atoms with Gasteiger partial charge in [0.05, 0.1) is 13.2 Å². The molecule has 2 atom stereocenters. The van der Waals surface area contributed by atoms with Crippen LogP contribution in [0.2, 0.25) is 0 Å². The van der Waals surface area contributed by atoms with Crippen LogP contribution in [-0.4, -0.2) is 30.4 Å². The van der Waals surface area contributed by atoms with Crippen LogP contribution in [0, 0.1) is 0 Å². The summed E-state index contributed by atoms with van der Waals surface area (Å²) in [5.74, 6) is 0.0613. The fourth-order valence-electron chi connectivity index (χ4n) is 2.23. The van der Waals surface area contributed by atoms with Gasteiger partial charge in [-0.25, -0.2) is 4.79 Å². The number of methoxy groups -OCH3 is 1. The summed E-state index contributed by atoms with van der Waals surface area (Å²) in [7, 11) is 1.52. The second kappa shape index (κ2) is 5.87. The molecule has 0 saturated heterocycles. The number of para-hydroxylation sites is 1. The van der Waals surface area contributed by atoms with Crippen molar-refractivity contribution >= 4 is 5.97 Å². The molecule has 0 unspecified atom stereocenters. The minimum Gasteiger partial charge on any atom is -0.496 e. The van der Waals surface area contributed by atoms with E-state index >= 15 is 0 Å². The first-order valence-corrected chi connectivity index (χ1v) is 6.24. The van der Waals surface area contributed by atoms with E-state index in [-0.39, 0.29) is 0 Å². The SMILES string of the molecule is COc1ccccc1C(=O)O[C@@H]1CCCC[C@@H]1O. The van der Waals surface area contributed by atoms with Crippen LogP contribution in [-0.2, 0) is 4.74 Å². The van der Waals surface area contributed by atoms with Gasteiger partial charge in [-0.1, -0.05) is 18.6 Å². The highest BCUT2D eigenvalue weighted by Crippen LogP contribution is 2.24. The number of hydrogen-bond donors (Lipinski definition) is 1. The first-order chi connectivity index (χ1) is 8.72. The number of esters is 1. The first-order valence-electron chi connectivity index (χ1n) is 6.24. The summed E-state index contributed by atoms with van der Waals surface area (Å²) in [5.41, 5.74) is 0.401. The highest BCUT2D eigenvalue weighted by molar-refractivity contribution is 5.92. The molecular weight excluding hydrogens is 232 g/mol. The van der Waals surface area contributed by atoms with E-state index in [9.17, 15) is 9.90 Å². The third-order valence-corrected chi connectivity index (χ3v) is 3.25. The maximum absolute atomic E-state index is 12.0. The van der Waals surface area contributed by atoms with Gasteiger partial charge in [0.2, 0.25) is 0 Å². The first kappa shape index (κ1) is 12.9. The fourth-order valence-corrected chi connectivity index (χ4v) is 2.23. The van der Waals surface area contributed by atoms with Crippen LogP contribution in [0.25, 0.3) is 0 Å². The molecule has 1 aliphatic carbocycles. The molecule has 1 fully saturated rings. The van der Waals surface area contributed by atoms with Crippen molar-refractivity contribution in [1.82, 2.24) is 0 Å². The molecular formula is C14H18O4. The molecule has 1 aliphatic rings. The zero-order valence-corrected chi connectivity index (χ0v) is 10.5. The lowest BCUT2D eigenvalue weighted by Gasteiger charge is -2.27. The minimum absolute atomic E-state index is 0.392. The Hall–Kier alpha value is -1.55. The third kappa shape index (κ3) is 2.82. The van der Waals surface area contributed by atoms with Gasteiger partial charge in [0.15, 0.2) is 0 Å². The Balaban J connectivity index is 2.07. The van der Waals surface area contributed by atoms with E-state index in [0.29, 0.717) is 17.7 Å². The number of rotatable bonds is 3. The zero-order chi connectivity index (χ0) is 13.0. The lowest BCUT2D eigenvalue weighted by atomic mass is 9.95. The van der Waals surface area contributed by atoms with Gasteiger partial charge in [0.25, 0.3) is 0 Å². The van der Waals surface area contributed by atoms with E-state index in [4.69, 9.17) is 9.47 Å². The Kier molecular flexibility index (Phi) is 4.20. The lowest BCUT2D eigenvalue weighted by Crippen LogP contribution is -2.34. The molecule has 98 valence electrons. The van der Waals surface area contributed by atoms with Crippen LogP contribution in [0.15, 0.2) is 24.3 Å². The van der Waals surface area contributed by atoms with Gasteiger partial charge >= 0.3 is 5.97 Å². The van der Waals surface area contributed by atoms with Crippen LogP contribution >= 0.6 is 0 Å². The quantitative estimate of drug-likeness (QED) is 0.835. The van der Waals surface area contributed by atoms with E-state index < -0.39 is 18.2 Å². The van der Waals surface area contributed by atoms with Gasteiger partial charge in [-0.3, -0.25) is 0 Å². The number of benzene rings is 1. The second-order valence-electron chi connectivity index (χ2n) is 4.50. The number of carbonyl (C=O) groups is 1. The summed E-state index contributed by atoms with van der Waals surface area (Å²) in [6.45, 7) is 0. The number of carbonyl (C=O) groups excluding carboxylic acids is 1. The van der Waals surface area contributed by atoms with Gasteiger partial charge in [-0.05, 0) is 31.4 Å². The summed E-state index contributed by atoms with van der Waals surface area (Å²) in [4.78, 5) is 12.0. The van der Waals surface area contributed by atoms with Gasteiger partial charge in [-0.2, -0.15) is 0 Å². The number of aliphatic hydroxyl groups excluding tert-OH is 1. The van der Waals surface area contributed by atoms with Gasteiger partial charge in [0, 0.05) is 0 Å². The smallest absolute Gasteiger partial charge is 0.342 e. The lowest BCUT2D eigenvalue weighted by molar-refractivity contribution is -0.0362. The highest BCUT2D eigenvalue weighted by atomic mass is 16.6. The predicted octanol–water partition coefficient (Wildman–Crippen LogP) is 2.16. The van der Waals surface area contributed by atoms with Crippen molar-refractivity contribution < 1.29 is 19.4 Å². The van der Waals surface area contributed by atoms with Crippen LogP contribution in [0.1, 0.15) is 36.0 Å². The molecule has 18 heavy (non-hydrogen) atoms. The van der Waals surface area contributed by atoms with E-state index in [1.54, 1.807) is 24.3 Å². The Bertz CT molecular complexity index is 416. The molecule has 4 heteroatoms. The average molecular weight is 250 g/mol. The molecule has 1 aromatic rings. The summed E-state index contributed by atoms with van der Waals surface area (Å²) in [6, 6.07) is 6.94. The minimum atomic E-state index is -0.544. The summed E-state index contributed by atoms with van der Waals surface area (Å²) >= 11 is 0. The largest absolute Gasteiger partial charge is 0.496 e. The van der Waals surface area contributed by atoms with Gasteiger partial charge in [-0.15, -0.1) is 0 Å². The summed E-state index contributed by atoms with van der Waals surface area (Å²) in [5, 5.41) is 9.78. The molecule has 4 nitrogen and oxygen atoms in total. The van der Waals surface area contributed by atoms with Crippen molar-refractivity contribution in [2.45, 2.75) is 37.9 Å². The molecule has 1 N–H and O–H groups in total. The van der Waals surface area contributed by atoms with Crippen molar-refractivity contribution in [3.8, 4) is 5.75 Å². The molecule has 1 aromatic carbocycles. The fraction of sp³-hybridized carbons (Fsp3) is 0.500. The predicted molar refractivity (Wildman–Crippen MR) is 66.7 cm³/mol. The van der Waals surface area contributed by atoms with Crippen LogP contribution in [0.4, 0.5) is 0 Å². The van der Waals surface area contributed by atoms with Crippen molar-refractivity contribution in [3.05, 3.63) is 29.8 Å². The molecule has 0 bridgehead atoms. The van der Waals surface area contributed by atoms with Crippen LogP contribution in [0.3, 0.4) is 0 Å². The van der Waals surface area contributed by atoms with E-state index in [1.165, 1.54) is 7.11 Å². The van der Waals surface area contributed by atoms with E-state index in [2.05, 4.69) is 0 Å². The maximum Gasteiger partial charge on any atom is 0.342 e. The Morgan fingerprint density at radius 3 is 2.72 bits per heavy atom. The molecule has 0 heterocycles. The number of aliphatic hydroxyl groups is 1. The molecule has 0 aliphatic heterocycles. The second-order valence-corrected chi connectivity index (χ2v) is 4.50. The molecule has 0 amide bonds. The van der Waals surface area contributed by atoms with Crippen molar-refractivity contribution in [3.63, 3.8) is 0 Å². The van der Waals surface area contributed by atoms with Gasteiger partial charge in [0.1, 0.15) is 17.4 Å². The summed E-state index contributed by atoms with van der Waals surface area (Å²) < 4.78 is 10.5. The van der Waals surface area contributed by atoms with Crippen molar-refractivity contribution in [2.75, 3.05) is 7.11 Å².